The van der Waals surface area contributed by atoms with Gasteiger partial charge in [-0.05, 0) is 78.8 Å². The molecule has 0 saturated heterocycles. The number of carbonyl (C=O) groups is 5. The van der Waals surface area contributed by atoms with Crippen molar-refractivity contribution in [2.45, 2.75) is 72.8 Å². The van der Waals surface area contributed by atoms with E-state index >= 15 is 0 Å². The van der Waals surface area contributed by atoms with Gasteiger partial charge >= 0.3 is 29.6 Å². The van der Waals surface area contributed by atoms with Gasteiger partial charge in [-0.25, -0.2) is 8.78 Å². The number of pyridine rings is 2. The molecule has 7 rings (SSSR count). The summed E-state index contributed by atoms with van der Waals surface area (Å²) in [6, 6.07) is 14.5. The van der Waals surface area contributed by atoms with Crippen LogP contribution in [-0.2, 0) is 19.2 Å². The number of aldehydes is 1. The normalized spacial score (nSPS) is 16.8. The Morgan fingerprint density at radius 3 is 1.87 bits per heavy atom. The number of nitrogens with two attached hydrogens (primary N) is 1. The van der Waals surface area contributed by atoms with Gasteiger partial charge in [0.05, 0.1) is 11.4 Å². The smallest absolute Gasteiger partial charge is 0.550 e. The van der Waals surface area contributed by atoms with E-state index in [4.69, 9.17) is 49.2 Å². The van der Waals surface area contributed by atoms with Crippen LogP contribution in [0.25, 0.3) is 0 Å². The molecule has 0 spiro atoms. The third-order valence-electron chi connectivity index (χ3n) is 8.72. The molecule has 2 aromatic heterocycles. The standard InChI is InChI=1S/C21H19ClFN3O.C8H12O2.C7H4ClFO.C6H7N3.C2H4O2.Na/c1-21(2)9-16-18(17(27)10-21)19(14-6-5-13(23)8-15(14)22)26-20(25-16)12-4-3-7-24-11-12;1-8(2)4-6(9)3-7(10)5-8;8-7-3-6(9)2-1-5(7)4-10;7-6(8)5-2-1-3-9-4-5;1-2(3)4;/h3-8,11,19H,9-10H2,1-2H3,(H,25,26);3-5H2,1-2H3;1-4H;1-4H,(H3,7,8);1H3,(H,3,4);/q;;;;;+1/p-1. The number of allylic oxidation sites excluding steroid dienone is 1. The van der Waals surface area contributed by atoms with Crippen LogP contribution in [0.3, 0.4) is 0 Å². The van der Waals surface area contributed by atoms with Crippen molar-refractivity contribution >= 4 is 64.5 Å². The van der Waals surface area contributed by atoms with Gasteiger partial charge in [-0.1, -0.05) is 57.0 Å². The fourth-order valence-corrected chi connectivity index (χ4v) is 6.81. The van der Waals surface area contributed by atoms with Gasteiger partial charge in [-0.3, -0.25) is 39.5 Å². The number of aliphatic imine (C=N–C) groups is 1. The Kier molecular flexibility index (Phi) is 20.4. The first-order valence-corrected chi connectivity index (χ1v) is 19.2. The zero-order valence-electron chi connectivity index (χ0n) is 34.7. The summed E-state index contributed by atoms with van der Waals surface area (Å²) in [4.78, 5) is 66.4. The Labute approximate surface area is 385 Å². The second-order valence-electron chi connectivity index (χ2n) is 15.4. The van der Waals surface area contributed by atoms with Gasteiger partial charge in [0.15, 0.2) is 12.1 Å². The number of carboxylic acids is 1. The molecule has 1 atom stereocenters. The quantitative estimate of drug-likeness (QED) is 0.0868. The maximum atomic E-state index is 13.5. The Morgan fingerprint density at radius 2 is 1.41 bits per heavy atom. The Bertz CT molecular complexity index is 2270. The monoisotopic (exact) mass is 884 g/mol. The van der Waals surface area contributed by atoms with Gasteiger partial charge in [0.25, 0.3) is 0 Å². The molecule has 61 heavy (non-hydrogen) atoms. The average molecular weight is 886 g/mol. The molecule has 1 saturated carbocycles. The minimum atomic E-state index is -1.08. The van der Waals surface area contributed by atoms with Gasteiger partial charge in [0, 0.05) is 88.6 Å². The molecule has 2 aliphatic carbocycles. The van der Waals surface area contributed by atoms with Crippen molar-refractivity contribution in [2.75, 3.05) is 0 Å². The maximum Gasteiger partial charge on any atom is 1.00 e. The van der Waals surface area contributed by atoms with Crippen molar-refractivity contribution in [3.05, 3.63) is 141 Å². The number of nitrogen functional groups attached to an aromatic ring is 1. The molecule has 2 aromatic carbocycles. The van der Waals surface area contributed by atoms with E-state index in [1.165, 1.54) is 24.3 Å². The number of aliphatic carboxylic acids is 1. The molecule has 4 aromatic rings. The number of amidine groups is 2. The summed E-state index contributed by atoms with van der Waals surface area (Å²) in [5.41, 5.74) is 8.84. The number of carboxylic acid groups (broad SMARTS) is 1. The van der Waals surface area contributed by atoms with Crippen molar-refractivity contribution in [3.8, 4) is 0 Å². The number of hydrogen-bond donors (Lipinski definition) is 3. The molecule has 0 bridgehead atoms. The Hall–Kier alpha value is -4.99. The van der Waals surface area contributed by atoms with E-state index in [1.54, 1.807) is 43.0 Å². The van der Waals surface area contributed by atoms with Gasteiger partial charge in [-0.15, -0.1) is 0 Å². The largest absolute Gasteiger partial charge is 1.00 e. The first-order valence-electron chi connectivity index (χ1n) is 18.4. The molecule has 12 nitrogen and oxygen atoms in total. The molecule has 1 aliphatic heterocycles. The van der Waals surface area contributed by atoms with Crippen LogP contribution in [0.2, 0.25) is 10.0 Å². The summed E-state index contributed by atoms with van der Waals surface area (Å²) in [6.07, 6.45) is 9.68. The number of halogens is 4. The number of Topliss-reactive ketones (excluding diaryl/α,β-unsaturated/α-hetero) is 3. The second-order valence-corrected chi connectivity index (χ2v) is 16.3. The van der Waals surface area contributed by atoms with E-state index in [2.05, 4.69) is 29.1 Å². The molecule has 316 valence electrons. The van der Waals surface area contributed by atoms with Crippen LogP contribution in [0.5, 0.6) is 0 Å². The van der Waals surface area contributed by atoms with Gasteiger partial charge < -0.3 is 21.0 Å². The van der Waals surface area contributed by atoms with Crippen molar-refractivity contribution in [2.24, 2.45) is 21.6 Å². The SMILES string of the molecule is CC(=O)[O-].CC1(C)CC(=O)C2=C(C1)NC(c1cccnc1)=NC2c1ccc(F)cc1Cl.CC1(C)CC(=O)CC(=O)C1.N=C(N)c1cccnc1.O=Cc1ccc(F)cc1Cl.[Na+]. The first-order chi connectivity index (χ1) is 28.1. The summed E-state index contributed by atoms with van der Waals surface area (Å²) in [5.74, 6) is -0.994. The summed E-state index contributed by atoms with van der Waals surface area (Å²) < 4.78 is 25.8. The van der Waals surface area contributed by atoms with E-state index in [1.807, 2.05) is 26.0 Å². The molecule has 0 radical (unpaired) electrons. The van der Waals surface area contributed by atoms with Crippen LogP contribution in [0.4, 0.5) is 8.78 Å². The predicted octanol–water partition coefficient (Wildman–Crippen LogP) is 4.36. The summed E-state index contributed by atoms with van der Waals surface area (Å²) >= 11 is 11.8. The van der Waals surface area contributed by atoms with E-state index in [0.717, 1.165) is 30.7 Å². The van der Waals surface area contributed by atoms with Crippen molar-refractivity contribution in [1.29, 1.82) is 5.41 Å². The van der Waals surface area contributed by atoms with Crippen LogP contribution in [0.15, 0.2) is 102 Å². The average Bonchev–Trinajstić information content (AvgIpc) is 3.14. The Balaban J connectivity index is 0.000000310. The van der Waals surface area contributed by atoms with Crippen molar-refractivity contribution in [3.63, 3.8) is 0 Å². The summed E-state index contributed by atoms with van der Waals surface area (Å²) in [6.45, 7) is 9.04. The second kappa shape index (κ2) is 23.9. The van der Waals surface area contributed by atoms with Crippen LogP contribution in [-0.4, -0.2) is 51.2 Å². The minimum Gasteiger partial charge on any atom is -0.550 e. The topological polar surface area (TPSA) is 208 Å². The number of nitrogens with one attached hydrogen (secondary N) is 2. The Morgan fingerprint density at radius 1 is 0.869 bits per heavy atom. The molecule has 17 heteroatoms. The van der Waals surface area contributed by atoms with E-state index < -0.39 is 23.6 Å². The predicted molar refractivity (Wildman–Crippen MR) is 223 cm³/mol. The number of benzene rings is 2. The zero-order chi connectivity index (χ0) is 44.8. The molecule has 0 amide bonds. The number of rotatable bonds is 4. The molecule has 3 aliphatic rings. The maximum absolute atomic E-state index is 13.5. The third kappa shape index (κ3) is 17.1. The zero-order valence-corrected chi connectivity index (χ0v) is 38.2. The number of ketones is 3. The fraction of sp³-hybridized carbons (Fsp3) is 0.295. The minimum absolute atomic E-state index is 0. The fourth-order valence-electron chi connectivity index (χ4n) is 6.32. The molecule has 4 N–H and O–H groups in total. The van der Waals surface area contributed by atoms with Gasteiger partial charge in [0.2, 0.25) is 0 Å². The number of nitrogens with zero attached hydrogens (tertiary/aromatic N) is 3. The van der Waals surface area contributed by atoms with Crippen LogP contribution in [0, 0.1) is 27.9 Å². The first kappa shape index (κ1) is 52.1. The third-order valence-corrected chi connectivity index (χ3v) is 9.38. The van der Waals surface area contributed by atoms with Crippen LogP contribution >= 0.6 is 23.2 Å². The van der Waals surface area contributed by atoms with E-state index in [-0.39, 0.29) is 80.0 Å². The van der Waals surface area contributed by atoms with Crippen molar-refractivity contribution in [1.82, 2.24) is 15.3 Å². The molecular formula is C44H45Cl2F2N6NaO6. The van der Waals surface area contributed by atoms with Gasteiger partial charge in [0.1, 0.15) is 40.9 Å². The van der Waals surface area contributed by atoms with Crippen LogP contribution in [0.1, 0.15) is 99.8 Å². The molecular weight excluding hydrogens is 840 g/mol. The summed E-state index contributed by atoms with van der Waals surface area (Å²) in [5, 5.41) is 19.6. The van der Waals surface area contributed by atoms with Gasteiger partial charge in [-0.2, -0.15) is 0 Å². The molecule has 3 heterocycles. The number of carbonyl (C=O) groups excluding carboxylic acids is 5. The molecule has 1 fully saturated rings. The number of aromatic nitrogens is 2. The van der Waals surface area contributed by atoms with E-state index in [9.17, 15) is 28.0 Å². The molecule has 1 unspecified atom stereocenters. The van der Waals surface area contributed by atoms with Crippen LogP contribution < -0.4 is 45.7 Å². The van der Waals surface area contributed by atoms with Crippen molar-refractivity contribution < 1.29 is 67.4 Å². The number of hydrogen-bond acceptors (Lipinski definition) is 11. The summed E-state index contributed by atoms with van der Waals surface area (Å²) in [7, 11) is 0. The van der Waals surface area contributed by atoms with E-state index in [0.29, 0.717) is 53.6 Å².